The smallest absolute Gasteiger partial charge is 0.326 e. The summed E-state index contributed by atoms with van der Waals surface area (Å²) in [7, 11) is 1.47. The van der Waals surface area contributed by atoms with E-state index in [0.29, 0.717) is 12.0 Å². The maximum absolute atomic E-state index is 11.7. The highest BCUT2D eigenvalue weighted by Gasteiger charge is 2.45. The molecule has 0 aromatic carbocycles. The van der Waals surface area contributed by atoms with Gasteiger partial charge < -0.3 is 4.74 Å². The number of rotatable bonds is 3. The van der Waals surface area contributed by atoms with Crippen molar-refractivity contribution >= 4 is 5.97 Å². The van der Waals surface area contributed by atoms with Crippen LogP contribution in [0.15, 0.2) is 0 Å². The zero-order valence-electron chi connectivity index (χ0n) is 9.59. The summed E-state index contributed by atoms with van der Waals surface area (Å²) >= 11 is 0. The number of hydrogen-bond donors (Lipinski definition) is 1. The number of carbonyl (C=O) groups is 1. The summed E-state index contributed by atoms with van der Waals surface area (Å²) in [6.07, 6.45) is 2.91. The molecule has 0 aliphatic heterocycles. The summed E-state index contributed by atoms with van der Waals surface area (Å²) in [5.41, 5.74) is -0.414. The summed E-state index contributed by atoms with van der Waals surface area (Å²) in [4.78, 5) is 11.7. The summed E-state index contributed by atoms with van der Waals surface area (Å²) in [6.45, 7) is 6.31. The van der Waals surface area contributed by atoms with Gasteiger partial charge in [-0.25, -0.2) is 0 Å². The van der Waals surface area contributed by atoms with Gasteiger partial charge >= 0.3 is 5.97 Å². The zero-order chi connectivity index (χ0) is 10.8. The van der Waals surface area contributed by atoms with Crippen molar-refractivity contribution in [2.45, 2.75) is 51.6 Å². The van der Waals surface area contributed by atoms with E-state index in [1.807, 2.05) is 0 Å². The minimum absolute atomic E-state index is 0.101. The lowest BCUT2D eigenvalue weighted by molar-refractivity contribution is -0.148. The van der Waals surface area contributed by atoms with Gasteiger partial charge in [-0.1, -0.05) is 6.92 Å². The van der Waals surface area contributed by atoms with Gasteiger partial charge in [-0.3, -0.25) is 10.1 Å². The summed E-state index contributed by atoms with van der Waals surface area (Å²) < 4.78 is 4.89. The Kier molecular flexibility index (Phi) is 3.53. The molecule has 0 radical (unpaired) electrons. The quantitative estimate of drug-likeness (QED) is 0.703. The van der Waals surface area contributed by atoms with Crippen LogP contribution in [0.1, 0.15) is 40.0 Å². The normalized spacial score (nSPS) is 32.2. The molecule has 14 heavy (non-hydrogen) atoms. The number of esters is 1. The Bertz CT molecular complexity index is 215. The fourth-order valence-electron chi connectivity index (χ4n) is 2.42. The topological polar surface area (TPSA) is 38.3 Å². The summed E-state index contributed by atoms with van der Waals surface area (Å²) in [6, 6.07) is 0.319. The fourth-order valence-corrected chi connectivity index (χ4v) is 2.42. The molecule has 2 atom stereocenters. The Morgan fingerprint density at radius 2 is 2.21 bits per heavy atom. The molecule has 0 bridgehead atoms. The molecule has 3 nitrogen and oxygen atoms in total. The number of carbonyl (C=O) groups excluding carboxylic acids is 1. The molecule has 0 aromatic heterocycles. The van der Waals surface area contributed by atoms with E-state index in [9.17, 15) is 4.79 Å². The lowest BCUT2D eigenvalue weighted by Gasteiger charge is -2.29. The minimum Gasteiger partial charge on any atom is -0.468 e. The van der Waals surface area contributed by atoms with E-state index in [1.165, 1.54) is 7.11 Å². The lowest BCUT2D eigenvalue weighted by atomic mass is 9.95. The van der Waals surface area contributed by atoms with Gasteiger partial charge in [0.1, 0.15) is 5.54 Å². The Morgan fingerprint density at radius 1 is 1.57 bits per heavy atom. The SMILES string of the molecule is COC(=O)C1(NC(C)C)CCC(C)C1. The first kappa shape index (κ1) is 11.5. The van der Waals surface area contributed by atoms with Gasteiger partial charge in [0.25, 0.3) is 0 Å². The van der Waals surface area contributed by atoms with E-state index in [4.69, 9.17) is 4.74 Å². The van der Waals surface area contributed by atoms with Crippen molar-refractivity contribution in [3.05, 3.63) is 0 Å². The number of hydrogen-bond acceptors (Lipinski definition) is 3. The maximum Gasteiger partial charge on any atom is 0.326 e. The van der Waals surface area contributed by atoms with Gasteiger partial charge in [0.05, 0.1) is 7.11 Å². The second-order valence-corrected chi connectivity index (χ2v) is 4.72. The third-order valence-electron chi connectivity index (χ3n) is 2.90. The van der Waals surface area contributed by atoms with Crippen LogP contribution in [0.4, 0.5) is 0 Å². The maximum atomic E-state index is 11.7. The Morgan fingerprint density at radius 3 is 2.57 bits per heavy atom. The van der Waals surface area contributed by atoms with Crippen LogP contribution in [-0.4, -0.2) is 24.7 Å². The van der Waals surface area contributed by atoms with E-state index in [0.717, 1.165) is 19.3 Å². The van der Waals surface area contributed by atoms with Crippen molar-refractivity contribution in [2.75, 3.05) is 7.11 Å². The van der Waals surface area contributed by atoms with Crippen molar-refractivity contribution < 1.29 is 9.53 Å². The van der Waals surface area contributed by atoms with Gasteiger partial charge in [0.2, 0.25) is 0 Å². The second-order valence-electron chi connectivity index (χ2n) is 4.72. The number of ether oxygens (including phenoxy) is 1. The molecule has 1 saturated carbocycles. The number of methoxy groups -OCH3 is 1. The first-order valence-corrected chi connectivity index (χ1v) is 5.36. The minimum atomic E-state index is -0.414. The van der Waals surface area contributed by atoms with Crippen LogP contribution in [0.5, 0.6) is 0 Å². The molecular formula is C11H21NO2. The highest BCUT2D eigenvalue weighted by molar-refractivity contribution is 5.81. The van der Waals surface area contributed by atoms with E-state index < -0.39 is 5.54 Å². The molecule has 0 amide bonds. The Labute approximate surface area is 86.2 Å². The third-order valence-corrected chi connectivity index (χ3v) is 2.90. The molecule has 0 saturated heterocycles. The molecule has 2 unspecified atom stereocenters. The van der Waals surface area contributed by atoms with Crippen molar-refractivity contribution in [2.24, 2.45) is 5.92 Å². The van der Waals surface area contributed by atoms with E-state index in [2.05, 4.69) is 26.1 Å². The van der Waals surface area contributed by atoms with Crippen molar-refractivity contribution in [1.29, 1.82) is 0 Å². The predicted molar refractivity (Wildman–Crippen MR) is 56.0 cm³/mol. The monoisotopic (exact) mass is 199 g/mol. The number of nitrogens with one attached hydrogen (secondary N) is 1. The second kappa shape index (κ2) is 4.30. The van der Waals surface area contributed by atoms with Crippen LogP contribution in [0, 0.1) is 5.92 Å². The zero-order valence-corrected chi connectivity index (χ0v) is 9.59. The third kappa shape index (κ3) is 2.27. The van der Waals surface area contributed by atoms with E-state index in [-0.39, 0.29) is 5.97 Å². The molecule has 0 spiro atoms. The van der Waals surface area contributed by atoms with Gasteiger partial charge in [0, 0.05) is 6.04 Å². The van der Waals surface area contributed by atoms with Gasteiger partial charge in [-0.2, -0.15) is 0 Å². The largest absolute Gasteiger partial charge is 0.468 e. The van der Waals surface area contributed by atoms with Crippen LogP contribution in [0.25, 0.3) is 0 Å². The molecule has 1 rings (SSSR count). The molecule has 1 aliphatic rings. The van der Waals surface area contributed by atoms with Crippen molar-refractivity contribution in [1.82, 2.24) is 5.32 Å². The Balaban J connectivity index is 2.75. The van der Waals surface area contributed by atoms with Crippen LogP contribution >= 0.6 is 0 Å². The lowest BCUT2D eigenvalue weighted by Crippen LogP contribution is -2.53. The average Bonchev–Trinajstić information content (AvgIpc) is 2.46. The molecule has 0 heterocycles. The molecule has 0 aromatic rings. The van der Waals surface area contributed by atoms with Crippen LogP contribution in [-0.2, 0) is 9.53 Å². The highest BCUT2D eigenvalue weighted by Crippen LogP contribution is 2.35. The van der Waals surface area contributed by atoms with E-state index in [1.54, 1.807) is 0 Å². The molecule has 82 valence electrons. The summed E-state index contributed by atoms with van der Waals surface area (Å²) in [5, 5.41) is 3.36. The molecule has 1 fully saturated rings. The molecule has 3 heteroatoms. The first-order valence-electron chi connectivity index (χ1n) is 5.36. The van der Waals surface area contributed by atoms with Gasteiger partial charge in [-0.15, -0.1) is 0 Å². The first-order chi connectivity index (χ1) is 6.50. The predicted octanol–water partition coefficient (Wildman–Crippen LogP) is 1.72. The molecule has 1 N–H and O–H groups in total. The van der Waals surface area contributed by atoms with Crippen molar-refractivity contribution in [3.8, 4) is 0 Å². The molecule has 1 aliphatic carbocycles. The van der Waals surface area contributed by atoms with Gasteiger partial charge in [-0.05, 0) is 39.0 Å². The Hall–Kier alpha value is -0.570. The van der Waals surface area contributed by atoms with Crippen LogP contribution < -0.4 is 5.32 Å². The molecular weight excluding hydrogens is 178 g/mol. The van der Waals surface area contributed by atoms with Crippen molar-refractivity contribution in [3.63, 3.8) is 0 Å². The average molecular weight is 199 g/mol. The summed E-state index contributed by atoms with van der Waals surface area (Å²) in [5.74, 6) is 0.510. The van der Waals surface area contributed by atoms with Crippen LogP contribution in [0.2, 0.25) is 0 Å². The highest BCUT2D eigenvalue weighted by atomic mass is 16.5. The fraction of sp³-hybridized carbons (Fsp3) is 0.909. The van der Waals surface area contributed by atoms with E-state index >= 15 is 0 Å². The van der Waals surface area contributed by atoms with Gasteiger partial charge in [0.15, 0.2) is 0 Å². The van der Waals surface area contributed by atoms with Crippen LogP contribution in [0.3, 0.4) is 0 Å². The standard InChI is InChI=1S/C11H21NO2/c1-8(2)12-11(10(13)14-4)6-5-9(3)7-11/h8-9,12H,5-7H2,1-4H3.